The molecule has 1 amide bonds. The first-order valence-corrected chi connectivity index (χ1v) is 11.1. The number of rotatable bonds is 6. The number of hydrogen-bond acceptors (Lipinski definition) is 5. The lowest BCUT2D eigenvalue weighted by Gasteiger charge is -2.27. The van der Waals surface area contributed by atoms with Crippen molar-refractivity contribution in [3.8, 4) is 0 Å². The van der Waals surface area contributed by atoms with Crippen LogP contribution in [-0.4, -0.2) is 55.2 Å². The molecule has 0 spiro atoms. The van der Waals surface area contributed by atoms with Crippen molar-refractivity contribution in [3.63, 3.8) is 0 Å². The molecule has 0 saturated carbocycles. The fourth-order valence-electron chi connectivity index (χ4n) is 3.37. The number of fused-ring (bicyclic) bond motifs is 1. The van der Waals surface area contributed by atoms with Crippen LogP contribution in [0.15, 0.2) is 42.5 Å². The second-order valence-corrected chi connectivity index (χ2v) is 8.77. The second kappa shape index (κ2) is 9.41. The molecule has 0 atom stereocenters. The molecule has 5 nitrogen and oxygen atoms in total. The van der Waals surface area contributed by atoms with E-state index < -0.39 is 0 Å². The molecule has 3 aromatic rings. The lowest BCUT2D eigenvalue weighted by atomic mass is 10.2. The van der Waals surface area contributed by atoms with Crippen molar-refractivity contribution < 1.29 is 9.53 Å². The summed E-state index contributed by atoms with van der Waals surface area (Å²) in [6.45, 7) is 4.87. The van der Waals surface area contributed by atoms with Gasteiger partial charge in [0.1, 0.15) is 0 Å². The van der Waals surface area contributed by atoms with Gasteiger partial charge in [-0.15, -0.1) is 0 Å². The summed E-state index contributed by atoms with van der Waals surface area (Å²) < 4.78 is 6.46. The molecule has 0 aliphatic carbocycles. The quantitative estimate of drug-likeness (QED) is 0.532. The minimum absolute atomic E-state index is 0.143. The smallest absolute Gasteiger partial charge is 0.260 e. The van der Waals surface area contributed by atoms with Crippen LogP contribution in [0.1, 0.15) is 16.8 Å². The summed E-state index contributed by atoms with van der Waals surface area (Å²) in [5, 5.41) is 1.58. The van der Waals surface area contributed by atoms with E-state index in [0.29, 0.717) is 27.3 Å². The Morgan fingerprint density at radius 1 is 1.14 bits per heavy atom. The Kier molecular flexibility index (Phi) is 6.67. The summed E-state index contributed by atoms with van der Waals surface area (Å²) in [7, 11) is 0. The second-order valence-electron chi connectivity index (χ2n) is 6.89. The van der Waals surface area contributed by atoms with Crippen molar-refractivity contribution >= 4 is 55.8 Å². The largest absolute Gasteiger partial charge is 0.379 e. The Balaban J connectivity index is 1.58. The number of morpholine rings is 1. The van der Waals surface area contributed by atoms with E-state index in [2.05, 4.69) is 4.90 Å². The van der Waals surface area contributed by atoms with Crippen LogP contribution in [0, 0.1) is 0 Å². The fraction of sp³-hybridized carbons (Fsp3) is 0.333. The average Bonchev–Trinajstić information content (AvgIpc) is 3.14. The third kappa shape index (κ3) is 5.08. The Morgan fingerprint density at radius 2 is 1.86 bits per heavy atom. The van der Waals surface area contributed by atoms with E-state index in [1.165, 1.54) is 11.3 Å². The topological polar surface area (TPSA) is 45.7 Å². The zero-order valence-corrected chi connectivity index (χ0v) is 18.1. The number of benzene rings is 2. The Morgan fingerprint density at radius 3 is 2.59 bits per heavy atom. The summed E-state index contributed by atoms with van der Waals surface area (Å²) in [6, 6.07) is 12.8. The van der Waals surface area contributed by atoms with Gasteiger partial charge in [-0.3, -0.25) is 14.6 Å². The van der Waals surface area contributed by atoms with Gasteiger partial charge in [0.25, 0.3) is 5.91 Å². The molecule has 0 bridgehead atoms. The number of nitrogens with zero attached hydrogens (tertiary/aromatic N) is 3. The van der Waals surface area contributed by atoms with Crippen molar-refractivity contribution in [2.45, 2.75) is 6.42 Å². The molecule has 0 radical (unpaired) electrons. The van der Waals surface area contributed by atoms with Crippen LogP contribution in [0.5, 0.6) is 0 Å². The van der Waals surface area contributed by atoms with Crippen LogP contribution < -0.4 is 4.90 Å². The molecule has 4 rings (SSSR count). The van der Waals surface area contributed by atoms with Crippen molar-refractivity contribution in [2.24, 2.45) is 0 Å². The van der Waals surface area contributed by atoms with E-state index in [-0.39, 0.29) is 5.91 Å². The molecule has 1 fully saturated rings. The highest BCUT2D eigenvalue weighted by Crippen LogP contribution is 2.30. The Hall–Kier alpha value is -1.70. The molecular weight excluding hydrogens is 429 g/mol. The normalized spacial score (nSPS) is 15.0. The maximum absolute atomic E-state index is 13.4. The molecule has 1 aromatic heterocycles. The third-order valence-electron chi connectivity index (χ3n) is 4.83. The minimum atomic E-state index is -0.143. The van der Waals surface area contributed by atoms with Gasteiger partial charge in [0.05, 0.1) is 23.4 Å². The SMILES string of the molecule is O=C(c1cc(Cl)cc(Cl)c1)N(CCCN1CCOCC1)c1nc2ccccc2s1. The predicted octanol–water partition coefficient (Wildman–Crippen LogP) is 4.97. The van der Waals surface area contributed by atoms with Gasteiger partial charge < -0.3 is 4.74 Å². The van der Waals surface area contributed by atoms with Gasteiger partial charge in [0.15, 0.2) is 5.13 Å². The zero-order chi connectivity index (χ0) is 20.2. The number of halogens is 2. The van der Waals surface area contributed by atoms with Crippen LogP contribution in [0.25, 0.3) is 10.2 Å². The number of hydrogen-bond donors (Lipinski definition) is 0. The molecule has 152 valence electrons. The molecule has 1 saturated heterocycles. The van der Waals surface area contributed by atoms with Crippen LogP contribution >= 0.6 is 34.5 Å². The third-order valence-corrected chi connectivity index (χ3v) is 6.32. The number of aromatic nitrogens is 1. The number of carbonyl (C=O) groups excluding carboxylic acids is 1. The molecule has 0 N–H and O–H groups in total. The Labute approximate surface area is 183 Å². The van der Waals surface area contributed by atoms with Crippen molar-refractivity contribution in [2.75, 3.05) is 44.3 Å². The summed E-state index contributed by atoms with van der Waals surface area (Å²) in [4.78, 5) is 22.1. The summed E-state index contributed by atoms with van der Waals surface area (Å²) in [6.07, 6.45) is 0.843. The number of thiazole rings is 1. The number of carbonyl (C=O) groups is 1. The lowest BCUT2D eigenvalue weighted by molar-refractivity contribution is 0.0376. The van der Waals surface area contributed by atoms with Gasteiger partial charge in [-0.1, -0.05) is 46.7 Å². The summed E-state index contributed by atoms with van der Waals surface area (Å²) in [5.74, 6) is -0.143. The van der Waals surface area contributed by atoms with E-state index in [4.69, 9.17) is 32.9 Å². The van der Waals surface area contributed by atoms with Gasteiger partial charge >= 0.3 is 0 Å². The van der Waals surface area contributed by atoms with Crippen LogP contribution in [-0.2, 0) is 4.74 Å². The van der Waals surface area contributed by atoms with Crippen LogP contribution in [0.2, 0.25) is 10.0 Å². The van der Waals surface area contributed by atoms with Gasteiger partial charge in [-0.2, -0.15) is 0 Å². The molecular formula is C21H21Cl2N3O2S. The number of amides is 1. The van der Waals surface area contributed by atoms with E-state index in [1.54, 1.807) is 23.1 Å². The molecule has 2 aromatic carbocycles. The highest BCUT2D eigenvalue weighted by atomic mass is 35.5. The maximum atomic E-state index is 13.4. The highest BCUT2D eigenvalue weighted by molar-refractivity contribution is 7.22. The fourth-order valence-corrected chi connectivity index (χ4v) is 4.89. The van der Waals surface area contributed by atoms with Gasteiger partial charge in [-0.05, 0) is 36.8 Å². The summed E-state index contributed by atoms with van der Waals surface area (Å²) >= 11 is 13.8. The molecule has 8 heteroatoms. The number of para-hydroxylation sites is 1. The molecule has 29 heavy (non-hydrogen) atoms. The van der Waals surface area contributed by atoms with Crippen molar-refractivity contribution in [1.82, 2.24) is 9.88 Å². The minimum Gasteiger partial charge on any atom is -0.379 e. The first kappa shape index (κ1) is 20.6. The van der Waals surface area contributed by atoms with Gasteiger partial charge in [-0.25, -0.2) is 4.98 Å². The molecule has 1 aliphatic heterocycles. The molecule has 2 heterocycles. The van der Waals surface area contributed by atoms with E-state index >= 15 is 0 Å². The van der Waals surface area contributed by atoms with Gasteiger partial charge in [0, 0.05) is 41.8 Å². The highest BCUT2D eigenvalue weighted by Gasteiger charge is 2.22. The molecule has 0 unspecified atom stereocenters. The average molecular weight is 450 g/mol. The lowest BCUT2D eigenvalue weighted by Crippen LogP contribution is -2.39. The Bertz CT molecular complexity index is 951. The zero-order valence-electron chi connectivity index (χ0n) is 15.8. The first-order chi connectivity index (χ1) is 14.1. The first-order valence-electron chi connectivity index (χ1n) is 9.54. The predicted molar refractivity (Wildman–Crippen MR) is 120 cm³/mol. The summed E-state index contributed by atoms with van der Waals surface area (Å²) in [5.41, 5.74) is 1.36. The number of ether oxygens (including phenoxy) is 1. The maximum Gasteiger partial charge on any atom is 0.260 e. The van der Waals surface area contributed by atoms with E-state index in [9.17, 15) is 4.79 Å². The monoisotopic (exact) mass is 449 g/mol. The van der Waals surface area contributed by atoms with Crippen LogP contribution in [0.4, 0.5) is 5.13 Å². The van der Waals surface area contributed by atoms with E-state index in [0.717, 1.165) is 49.5 Å². The van der Waals surface area contributed by atoms with Crippen LogP contribution in [0.3, 0.4) is 0 Å². The van der Waals surface area contributed by atoms with Gasteiger partial charge in [0.2, 0.25) is 0 Å². The number of anilines is 1. The standard InChI is InChI=1S/C21H21Cl2N3O2S/c22-16-12-15(13-17(23)14-16)20(27)26(7-3-6-25-8-10-28-11-9-25)21-24-18-4-1-2-5-19(18)29-21/h1-2,4-5,12-14H,3,6-11H2. The van der Waals surface area contributed by atoms with Crippen molar-refractivity contribution in [1.29, 1.82) is 0 Å². The van der Waals surface area contributed by atoms with Crippen molar-refractivity contribution in [3.05, 3.63) is 58.1 Å². The molecule has 1 aliphatic rings. The van der Waals surface area contributed by atoms with E-state index in [1.807, 2.05) is 24.3 Å².